The highest BCUT2D eigenvalue weighted by atomic mass is 15.5. The summed E-state index contributed by atoms with van der Waals surface area (Å²) in [4.78, 5) is 0. The van der Waals surface area contributed by atoms with Crippen LogP contribution in [0.25, 0.3) is 0 Å². The van der Waals surface area contributed by atoms with Gasteiger partial charge < -0.3 is 5.01 Å². The molecule has 1 fully saturated rings. The predicted octanol–water partition coefficient (Wildman–Crippen LogP) is 6.77. The molecule has 2 nitrogen and oxygen atoms in total. The van der Waals surface area contributed by atoms with Crippen molar-refractivity contribution in [3.63, 3.8) is 0 Å². The van der Waals surface area contributed by atoms with Crippen molar-refractivity contribution in [3.05, 3.63) is 72.5 Å². The molecule has 0 aromatic heterocycles. The van der Waals surface area contributed by atoms with E-state index < -0.39 is 0 Å². The lowest BCUT2D eigenvalue weighted by atomic mass is 10.0. The molecule has 2 aliphatic carbocycles. The van der Waals surface area contributed by atoms with Crippen molar-refractivity contribution < 1.29 is 0 Å². The normalized spacial score (nSPS) is 28.3. The van der Waals surface area contributed by atoms with Crippen LogP contribution in [0.15, 0.2) is 72.5 Å². The molecule has 0 spiro atoms. The molecular weight excluding hydrogens is 328 g/mol. The Labute approximate surface area is 167 Å². The van der Waals surface area contributed by atoms with E-state index in [1.165, 1.54) is 69.9 Å². The number of rotatable bonds is 4. The Kier molecular flexibility index (Phi) is 11.4. The second kappa shape index (κ2) is 14.3. The van der Waals surface area contributed by atoms with E-state index in [4.69, 9.17) is 0 Å². The first kappa shape index (κ1) is 21.5. The van der Waals surface area contributed by atoms with Crippen molar-refractivity contribution in [2.45, 2.75) is 77.2 Å². The molecular formula is C25H38N2. The number of nitrogens with zero attached hydrogens (tertiary/aromatic N) is 1. The van der Waals surface area contributed by atoms with E-state index >= 15 is 0 Å². The van der Waals surface area contributed by atoms with Gasteiger partial charge >= 0.3 is 0 Å². The lowest BCUT2D eigenvalue weighted by Crippen LogP contribution is -2.43. The van der Waals surface area contributed by atoms with E-state index in [0.717, 1.165) is 6.54 Å². The lowest BCUT2D eigenvalue weighted by Gasteiger charge is -2.31. The Morgan fingerprint density at radius 2 is 1.19 bits per heavy atom. The predicted molar refractivity (Wildman–Crippen MR) is 119 cm³/mol. The fraction of sp³-hybridized carbons (Fsp3) is 0.520. The minimum Gasteiger partial charge on any atom is -0.308 e. The number of nitrogens with one attached hydrogen (secondary N) is 1. The molecule has 2 heteroatoms. The molecule has 0 atom stereocenters. The molecule has 0 heterocycles. The lowest BCUT2D eigenvalue weighted by molar-refractivity contribution is 0.205. The number of hydrazine groups is 1. The van der Waals surface area contributed by atoms with Crippen LogP contribution < -0.4 is 5.43 Å². The zero-order valence-electron chi connectivity index (χ0n) is 17.2. The van der Waals surface area contributed by atoms with Crippen molar-refractivity contribution >= 4 is 0 Å². The molecule has 0 aliphatic heterocycles. The first-order valence-electron chi connectivity index (χ1n) is 11.0. The summed E-state index contributed by atoms with van der Waals surface area (Å²) in [5, 5.41) is 2.32. The van der Waals surface area contributed by atoms with Crippen LogP contribution in [0, 0.1) is 0 Å². The summed E-state index contributed by atoms with van der Waals surface area (Å²) in [5.74, 6) is 0. The largest absolute Gasteiger partial charge is 0.308 e. The van der Waals surface area contributed by atoms with E-state index in [2.05, 4.69) is 78.1 Å². The zero-order chi connectivity index (χ0) is 19.0. The molecule has 0 aromatic carbocycles. The highest BCUT2D eigenvalue weighted by Gasteiger charge is 2.13. The first-order chi connectivity index (χ1) is 13.4. The van der Waals surface area contributed by atoms with E-state index in [0.29, 0.717) is 6.04 Å². The Hall–Kier alpha value is -1.80. The maximum absolute atomic E-state index is 3.85. The molecule has 0 unspecified atom stereocenters. The molecule has 148 valence electrons. The molecule has 1 N–H and O–H groups in total. The van der Waals surface area contributed by atoms with Crippen LogP contribution in [-0.4, -0.2) is 17.6 Å². The molecule has 0 bridgehead atoms. The summed E-state index contributed by atoms with van der Waals surface area (Å²) in [7, 11) is 0. The number of allylic oxidation sites excluding steroid dienone is 11. The second-order valence-electron chi connectivity index (χ2n) is 7.47. The van der Waals surface area contributed by atoms with Gasteiger partial charge in [0, 0.05) is 12.6 Å². The molecule has 0 aromatic rings. The molecule has 0 radical (unpaired) electrons. The van der Waals surface area contributed by atoms with Crippen LogP contribution in [0.3, 0.4) is 0 Å². The molecule has 2 aliphatic rings. The van der Waals surface area contributed by atoms with Crippen LogP contribution >= 0.6 is 0 Å². The van der Waals surface area contributed by atoms with Gasteiger partial charge in [0.2, 0.25) is 0 Å². The quantitative estimate of drug-likeness (QED) is 0.552. The van der Waals surface area contributed by atoms with Gasteiger partial charge in [0.05, 0.1) is 5.70 Å². The number of likely N-dealkylation sites (N-methyl/N-ethyl adjacent to an activating group) is 1. The van der Waals surface area contributed by atoms with Gasteiger partial charge in [0.15, 0.2) is 0 Å². The third-order valence-corrected chi connectivity index (χ3v) is 5.24. The van der Waals surface area contributed by atoms with E-state index in [9.17, 15) is 0 Å². The van der Waals surface area contributed by atoms with Gasteiger partial charge in [-0.05, 0) is 31.9 Å². The fourth-order valence-corrected chi connectivity index (χ4v) is 3.68. The van der Waals surface area contributed by atoms with Crippen LogP contribution in [0.4, 0.5) is 0 Å². The summed E-state index contributed by atoms with van der Waals surface area (Å²) < 4.78 is 0. The van der Waals surface area contributed by atoms with Crippen molar-refractivity contribution in [1.82, 2.24) is 10.4 Å². The Balaban J connectivity index is 2.04. The van der Waals surface area contributed by atoms with Crippen LogP contribution in [-0.2, 0) is 0 Å². The summed E-state index contributed by atoms with van der Waals surface area (Å²) in [6.07, 6.45) is 36.8. The first-order valence-corrected chi connectivity index (χ1v) is 11.0. The summed E-state index contributed by atoms with van der Waals surface area (Å²) >= 11 is 0. The second-order valence-corrected chi connectivity index (χ2v) is 7.47. The average molecular weight is 367 g/mol. The van der Waals surface area contributed by atoms with E-state index in [-0.39, 0.29) is 0 Å². The maximum atomic E-state index is 3.85. The smallest absolute Gasteiger partial charge is 0.0519 e. The van der Waals surface area contributed by atoms with Gasteiger partial charge in [-0.15, -0.1) is 0 Å². The Morgan fingerprint density at radius 3 is 1.74 bits per heavy atom. The van der Waals surface area contributed by atoms with E-state index in [1.54, 1.807) is 0 Å². The third kappa shape index (κ3) is 9.63. The highest BCUT2D eigenvalue weighted by Crippen LogP contribution is 2.18. The van der Waals surface area contributed by atoms with Gasteiger partial charge in [-0.2, -0.15) is 0 Å². The molecule has 0 amide bonds. The van der Waals surface area contributed by atoms with Crippen LogP contribution in [0.1, 0.15) is 71.1 Å². The number of hydrogen-bond donors (Lipinski definition) is 1. The Morgan fingerprint density at radius 1 is 0.704 bits per heavy atom. The molecule has 2 rings (SSSR count). The van der Waals surface area contributed by atoms with Gasteiger partial charge in [-0.1, -0.05) is 106 Å². The monoisotopic (exact) mass is 366 g/mol. The molecule has 1 saturated carbocycles. The van der Waals surface area contributed by atoms with Gasteiger partial charge in [0.25, 0.3) is 0 Å². The third-order valence-electron chi connectivity index (χ3n) is 5.24. The van der Waals surface area contributed by atoms with E-state index in [1.807, 2.05) is 6.08 Å². The summed E-state index contributed by atoms with van der Waals surface area (Å²) in [6.45, 7) is 3.19. The minimum atomic E-state index is 0.584. The molecule has 27 heavy (non-hydrogen) atoms. The van der Waals surface area contributed by atoms with Crippen molar-refractivity contribution in [2.75, 3.05) is 6.54 Å². The topological polar surface area (TPSA) is 15.3 Å². The minimum absolute atomic E-state index is 0.584. The van der Waals surface area contributed by atoms with Crippen molar-refractivity contribution in [3.8, 4) is 0 Å². The fourth-order valence-electron chi connectivity index (χ4n) is 3.68. The SMILES string of the molecule is CCN(NC1CCCCCCCCCC1)C1=C/C=C\C=C/C=C\C=C/C=C\1. The average Bonchev–Trinajstić information content (AvgIpc) is 2.73. The van der Waals surface area contributed by atoms with Gasteiger partial charge in [0.1, 0.15) is 0 Å². The number of hydrogen-bond acceptors (Lipinski definition) is 2. The van der Waals surface area contributed by atoms with Crippen LogP contribution in [0.2, 0.25) is 0 Å². The standard InChI is InChI=1S/C25H38N2/c1-2-27(25-22-18-14-10-4-3-5-11-15-19-23-25)26-24-20-16-12-8-6-7-9-13-17-21-24/h3-5,10-11,14-15,18-19,22-24,26H,2,6-9,12-13,16-17,20-21H2,1H3/b4-3-,5-3?,10-4?,11-5-,14-10-,15-11?,18-14?,19-15-,22-18-,23-19?,25-22?,25-23+. The van der Waals surface area contributed by atoms with Gasteiger partial charge in [-0.25, -0.2) is 5.43 Å². The molecule has 0 saturated heterocycles. The van der Waals surface area contributed by atoms with Gasteiger partial charge in [-0.3, -0.25) is 0 Å². The Bertz CT molecular complexity index is 551. The van der Waals surface area contributed by atoms with Crippen LogP contribution in [0.5, 0.6) is 0 Å². The van der Waals surface area contributed by atoms with Crippen molar-refractivity contribution in [2.24, 2.45) is 0 Å². The summed E-state index contributed by atoms with van der Waals surface area (Å²) in [5.41, 5.74) is 5.06. The highest BCUT2D eigenvalue weighted by molar-refractivity contribution is 5.29. The zero-order valence-corrected chi connectivity index (χ0v) is 17.2. The maximum Gasteiger partial charge on any atom is 0.0519 e. The van der Waals surface area contributed by atoms with Crippen molar-refractivity contribution in [1.29, 1.82) is 0 Å². The summed E-state index contributed by atoms with van der Waals surface area (Å²) in [6, 6.07) is 0.584.